The fraction of sp³-hybridized carbons (Fsp3) is 0.700. The molecule has 0 spiro atoms. The number of aliphatic hydroxyl groups is 1. The third-order valence-corrected chi connectivity index (χ3v) is 1.95. The molecule has 0 bridgehead atoms. The third-order valence-electron chi connectivity index (χ3n) is 1.95. The highest BCUT2D eigenvalue weighted by atomic mass is 16.4. The molecule has 0 aliphatic rings. The summed E-state index contributed by atoms with van der Waals surface area (Å²) in [6.45, 7) is 2.96. The van der Waals surface area contributed by atoms with Gasteiger partial charge in [-0.25, -0.2) is 9.59 Å². The van der Waals surface area contributed by atoms with Crippen molar-refractivity contribution in [1.82, 2.24) is 10.2 Å². The standard InChI is InChI=1S/C10H18N2O6/c1-10(2,18)5-12(3)9(17)11-6(8(15)16)4-7(13)14/h6,18H,4-5H2,1-3H3,(H,11,17)(H,13,14)(H,15,16). The maximum atomic E-state index is 11.6. The minimum atomic E-state index is -1.50. The zero-order valence-electron chi connectivity index (χ0n) is 10.5. The first-order valence-corrected chi connectivity index (χ1v) is 5.21. The average molecular weight is 262 g/mol. The summed E-state index contributed by atoms with van der Waals surface area (Å²) in [4.78, 5) is 33.8. The van der Waals surface area contributed by atoms with E-state index >= 15 is 0 Å². The van der Waals surface area contributed by atoms with E-state index in [0.717, 1.165) is 4.90 Å². The van der Waals surface area contributed by atoms with Crippen molar-refractivity contribution < 1.29 is 29.7 Å². The molecule has 0 fully saturated rings. The second-order valence-corrected chi connectivity index (χ2v) is 4.61. The van der Waals surface area contributed by atoms with Crippen molar-refractivity contribution in [1.29, 1.82) is 0 Å². The second-order valence-electron chi connectivity index (χ2n) is 4.61. The molecule has 0 aromatic heterocycles. The van der Waals surface area contributed by atoms with Crippen LogP contribution in [0.15, 0.2) is 0 Å². The first-order chi connectivity index (χ1) is 8.03. The van der Waals surface area contributed by atoms with Gasteiger partial charge in [-0.1, -0.05) is 0 Å². The van der Waals surface area contributed by atoms with E-state index in [0.29, 0.717) is 0 Å². The number of hydrogen-bond acceptors (Lipinski definition) is 4. The van der Waals surface area contributed by atoms with Gasteiger partial charge in [0.2, 0.25) is 0 Å². The maximum absolute atomic E-state index is 11.6. The third kappa shape index (κ3) is 6.69. The monoisotopic (exact) mass is 262 g/mol. The summed E-state index contributed by atoms with van der Waals surface area (Å²) >= 11 is 0. The topological polar surface area (TPSA) is 127 Å². The molecular formula is C10H18N2O6. The Morgan fingerprint density at radius 2 is 1.78 bits per heavy atom. The number of carboxylic acids is 2. The molecule has 1 unspecified atom stereocenters. The molecule has 0 saturated heterocycles. The Balaban J connectivity index is 4.50. The Labute approximate surface area is 104 Å². The van der Waals surface area contributed by atoms with Crippen molar-refractivity contribution in [3.05, 3.63) is 0 Å². The molecule has 0 rings (SSSR count). The van der Waals surface area contributed by atoms with E-state index < -0.39 is 36.0 Å². The van der Waals surface area contributed by atoms with Gasteiger partial charge in [0.05, 0.1) is 18.6 Å². The summed E-state index contributed by atoms with van der Waals surface area (Å²) in [5, 5.41) is 28.8. The van der Waals surface area contributed by atoms with Crippen molar-refractivity contribution in [3.63, 3.8) is 0 Å². The van der Waals surface area contributed by atoms with E-state index in [1.807, 2.05) is 0 Å². The van der Waals surface area contributed by atoms with Gasteiger partial charge in [-0.3, -0.25) is 4.79 Å². The number of carboxylic acid groups (broad SMARTS) is 2. The van der Waals surface area contributed by atoms with Gasteiger partial charge in [0.15, 0.2) is 0 Å². The van der Waals surface area contributed by atoms with Crippen LogP contribution in [0.25, 0.3) is 0 Å². The fourth-order valence-corrected chi connectivity index (χ4v) is 1.29. The number of hydrogen-bond donors (Lipinski definition) is 4. The summed E-state index contributed by atoms with van der Waals surface area (Å²) in [6, 6.07) is -2.26. The number of aliphatic carboxylic acids is 2. The van der Waals surface area contributed by atoms with Crippen molar-refractivity contribution >= 4 is 18.0 Å². The van der Waals surface area contributed by atoms with Crippen LogP contribution in [0, 0.1) is 0 Å². The lowest BCUT2D eigenvalue weighted by atomic mass is 10.1. The van der Waals surface area contributed by atoms with Gasteiger partial charge in [0.25, 0.3) is 0 Å². The molecule has 0 aromatic carbocycles. The first kappa shape index (κ1) is 16.2. The largest absolute Gasteiger partial charge is 0.481 e. The molecule has 4 N–H and O–H groups in total. The lowest BCUT2D eigenvalue weighted by Crippen LogP contribution is -2.50. The van der Waals surface area contributed by atoms with Gasteiger partial charge < -0.3 is 25.5 Å². The highest BCUT2D eigenvalue weighted by Gasteiger charge is 2.26. The van der Waals surface area contributed by atoms with Gasteiger partial charge in [0.1, 0.15) is 6.04 Å². The molecule has 0 aliphatic heterocycles. The zero-order valence-corrected chi connectivity index (χ0v) is 10.5. The predicted octanol–water partition coefficient (Wildman–Crippen LogP) is -0.673. The van der Waals surface area contributed by atoms with E-state index in [9.17, 15) is 19.5 Å². The Hall–Kier alpha value is -1.83. The summed E-state index contributed by atoms with van der Waals surface area (Å²) in [6.07, 6.45) is -0.711. The number of urea groups is 1. The molecule has 18 heavy (non-hydrogen) atoms. The lowest BCUT2D eigenvalue weighted by Gasteiger charge is -2.26. The normalized spacial score (nSPS) is 12.7. The molecule has 0 aromatic rings. The molecule has 2 amide bonds. The van der Waals surface area contributed by atoms with Gasteiger partial charge in [0, 0.05) is 7.05 Å². The Kier molecular flexibility index (Phi) is 5.57. The van der Waals surface area contributed by atoms with Crippen LogP contribution in [-0.4, -0.2) is 63.4 Å². The van der Waals surface area contributed by atoms with E-state index in [2.05, 4.69) is 5.32 Å². The predicted molar refractivity (Wildman–Crippen MR) is 61.1 cm³/mol. The summed E-state index contributed by atoms with van der Waals surface area (Å²) in [5.41, 5.74) is -1.13. The molecule has 0 aliphatic carbocycles. The molecule has 1 atom stereocenters. The van der Waals surface area contributed by atoms with Gasteiger partial charge in [-0.2, -0.15) is 0 Å². The van der Waals surface area contributed by atoms with E-state index in [1.54, 1.807) is 0 Å². The minimum Gasteiger partial charge on any atom is -0.481 e. The number of amides is 2. The summed E-state index contributed by atoms with van der Waals surface area (Å²) in [5.74, 6) is -2.75. The smallest absolute Gasteiger partial charge is 0.326 e. The van der Waals surface area contributed by atoms with Crippen LogP contribution in [-0.2, 0) is 9.59 Å². The van der Waals surface area contributed by atoms with Crippen LogP contribution < -0.4 is 5.32 Å². The van der Waals surface area contributed by atoms with E-state index in [4.69, 9.17) is 10.2 Å². The van der Waals surface area contributed by atoms with Crippen LogP contribution in [0.1, 0.15) is 20.3 Å². The summed E-state index contributed by atoms with van der Waals surface area (Å²) < 4.78 is 0. The van der Waals surface area contributed by atoms with Crippen LogP contribution in [0.2, 0.25) is 0 Å². The van der Waals surface area contributed by atoms with Crippen molar-refractivity contribution in [2.45, 2.75) is 31.9 Å². The number of nitrogens with zero attached hydrogens (tertiary/aromatic N) is 1. The second kappa shape index (κ2) is 6.20. The van der Waals surface area contributed by atoms with Crippen molar-refractivity contribution in [3.8, 4) is 0 Å². The molecule has 0 saturated carbocycles. The molecular weight excluding hydrogens is 244 g/mol. The average Bonchev–Trinajstić information content (AvgIpc) is 2.12. The molecule has 8 nitrogen and oxygen atoms in total. The zero-order chi connectivity index (χ0) is 14.5. The number of rotatable bonds is 6. The number of likely N-dealkylation sites (N-methyl/N-ethyl adjacent to an activating group) is 1. The maximum Gasteiger partial charge on any atom is 0.326 e. The SMILES string of the molecule is CN(CC(C)(C)O)C(=O)NC(CC(=O)O)C(=O)O. The van der Waals surface area contributed by atoms with E-state index in [-0.39, 0.29) is 6.54 Å². The van der Waals surface area contributed by atoms with Gasteiger partial charge >= 0.3 is 18.0 Å². The number of nitrogens with one attached hydrogen (secondary N) is 1. The first-order valence-electron chi connectivity index (χ1n) is 5.21. The Morgan fingerprint density at radius 1 is 1.28 bits per heavy atom. The lowest BCUT2D eigenvalue weighted by molar-refractivity contribution is -0.145. The highest BCUT2D eigenvalue weighted by molar-refractivity contribution is 5.86. The fourth-order valence-electron chi connectivity index (χ4n) is 1.29. The van der Waals surface area contributed by atoms with Crippen molar-refractivity contribution in [2.24, 2.45) is 0 Å². The molecule has 8 heteroatoms. The van der Waals surface area contributed by atoms with Gasteiger partial charge in [-0.15, -0.1) is 0 Å². The van der Waals surface area contributed by atoms with Gasteiger partial charge in [-0.05, 0) is 13.8 Å². The highest BCUT2D eigenvalue weighted by Crippen LogP contribution is 2.04. The number of carbonyl (C=O) groups is 3. The number of carbonyl (C=O) groups excluding carboxylic acids is 1. The van der Waals surface area contributed by atoms with Crippen molar-refractivity contribution in [2.75, 3.05) is 13.6 Å². The molecule has 0 radical (unpaired) electrons. The molecule has 104 valence electrons. The van der Waals surface area contributed by atoms with Crippen LogP contribution in [0.4, 0.5) is 4.79 Å². The molecule has 0 heterocycles. The quantitative estimate of drug-likeness (QED) is 0.502. The minimum absolute atomic E-state index is 0.0156. The summed E-state index contributed by atoms with van der Waals surface area (Å²) in [7, 11) is 1.37. The Bertz CT molecular complexity index is 336. The van der Waals surface area contributed by atoms with Crippen LogP contribution in [0.3, 0.4) is 0 Å². The van der Waals surface area contributed by atoms with Crippen LogP contribution in [0.5, 0.6) is 0 Å². The Morgan fingerprint density at radius 3 is 2.11 bits per heavy atom. The van der Waals surface area contributed by atoms with Crippen LogP contribution >= 0.6 is 0 Å². The van der Waals surface area contributed by atoms with E-state index in [1.165, 1.54) is 20.9 Å².